The third-order valence-corrected chi connectivity index (χ3v) is 6.49. The summed E-state index contributed by atoms with van der Waals surface area (Å²) < 4.78 is 5.50. The van der Waals surface area contributed by atoms with Gasteiger partial charge in [0.25, 0.3) is 11.8 Å². The Morgan fingerprint density at radius 3 is 2.44 bits per heavy atom. The predicted octanol–water partition coefficient (Wildman–Crippen LogP) is 4.28. The number of piperazine rings is 1. The Kier molecular flexibility index (Phi) is 6.87. The smallest absolute Gasteiger partial charge is 0.265 e. The van der Waals surface area contributed by atoms with Crippen molar-refractivity contribution in [1.29, 1.82) is 0 Å². The van der Waals surface area contributed by atoms with Gasteiger partial charge in [0.05, 0.1) is 12.0 Å². The van der Waals surface area contributed by atoms with E-state index in [-0.39, 0.29) is 11.8 Å². The molecule has 1 saturated heterocycles. The zero-order chi connectivity index (χ0) is 22.5. The van der Waals surface area contributed by atoms with Gasteiger partial charge in [-0.05, 0) is 48.7 Å². The van der Waals surface area contributed by atoms with E-state index in [1.165, 1.54) is 22.5 Å². The number of thiophene rings is 1. The normalized spacial score (nSPS) is 14.2. The molecule has 1 aromatic heterocycles. The summed E-state index contributed by atoms with van der Waals surface area (Å²) in [6.45, 7) is 5.90. The molecular weight excluding hydrogens is 422 g/mol. The molecule has 0 bridgehead atoms. The summed E-state index contributed by atoms with van der Waals surface area (Å²) in [5.74, 6) is 0.787. The fourth-order valence-electron chi connectivity index (χ4n) is 3.86. The lowest BCUT2D eigenvalue weighted by atomic mass is 10.1. The van der Waals surface area contributed by atoms with E-state index in [0.717, 1.165) is 25.4 Å². The number of methoxy groups -OCH3 is 1. The van der Waals surface area contributed by atoms with E-state index in [2.05, 4.69) is 29.3 Å². The van der Waals surface area contributed by atoms with Crippen molar-refractivity contribution in [3.63, 3.8) is 0 Å². The molecule has 4 rings (SSSR count). The first kappa shape index (κ1) is 22.0. The SMILES string of the molecule is COc1ccc(C)cc1CN1CCN(C(=O)c2ccc(NC(=O)c3cccs3)cc2)CC1. The highest BCUT2D eigenvalue weighted by Crippen LogP contribution is 2.22. The molecule has 166 valence electrons. The molecule has 0 saturated carbocycles. The molecule has 6 nitrogen and oxygen atoms in total. The average Bonchev–Trinajstić information content (AvgIpc) is 3.35. The first-order valence-corrected chi connectivity index (χ1v) is 11.5. The molecular formula is C25H27N3O3S. The largest absolute Gasteiger partial charge is 0.496 e. The summed E-state index contributed by atoms with van der Waals surface area (Å²) in [5, 5.41) is 4.73. The highest BCUT2D eigenvalue weighted by Gasteiger charge is 2.23. The van der Waals surface area contributed by atoms with Gasteiger partial charge in [0.15, 0.2) is 0 Å². The van der Waals surface area contributed by atoms with Gasteiger partial charge in [-0.25, -0.2) is 0 Å². The third-order valence-electron chi connectivity index (χ3n) is 5.62. The minimum atomic E-state index is -0.138. The number of nitrogens with one attached hydrogen (secondary N) is 1. The van der Waals surface area contributed by atoms with Crippen molar-refractivity contribution in [2.45, 2.75) is 13.5 Å². The van der Waals surface area contributed by atoms with E-state index >= 15 is 0 Å². The van der Waals surface area contributed by atoms with Crippen molar-refractivity contribution >= 4 is 28.8 Å². The average molecular weight is 450 g/mol. The second-order valence-corrected chi connectivity index (χ2v) is 8.84. The van der Waals surface area contributed by atoms with E-state index in [4.69, 9.17) is 4.74 Å². The third kappa shape index (κ3) is 5.18. The predicted molar refractivity (Wildman–Crippen MR) is 128 cm³/mol. The maximum atomic E-state index is 12.9. The Labute approximate surface area is 192 Å². The van der Waals surface area contributed by atoms with Crippen LogP contribution in [0.5, 0.6) is 5.75 Å². The van der Waals surface area contributed by atoms with Crippen molar-refractivity contribution in [2.24, 2.45) is 0 Å². The van der Waals surface area contributed by atoms with Crippen molar-refractivity contribution in [3.05, 3.63) is 81.5 Å². The van der Waals surface area contributed by atoms with E-state index in [1.807, 2.05) is 22.4 Å². The Balaban J connectivity index is 1.31. The van der Waals surface area contributed by atoms with Gasteiger partial charge in [-0.1, -0.05) is 23.8 Å². The number of hydrogen-bond acceptors (Lipinski definition) is 5. The summed E-state index contributed by atoms with van der Waals surface area (Å²) in [7, 11) is 1.70. The van der Waals surface area contributed by atoms with Crippen LogP contribution in [0.3, 0.4) is 0 Å². The van der Waals surface area contributed by atoms with Crippen LogP contribution in [0.2, 0.25) is 0 Å². The lowest BCUT2D eigenvalue weighted by Crippen LogP contribution is -2.48. The number of nitrogens with zero attached hydrogens (tertiary/aromatic N) is 2. The lowest BCUT2D eigenvalue weighted by molar-refractivity contribution is 0.0627. The van der Waals surface area contributed by atoms with E-state index in [9.17, 15) is 9.59 Å². The zero-order valence-corrected chi connectivity index (χ0v) is 19.2. The van der Waals surface area contributed by atoms with Crippen LogP contribution in [0.1, 0.15) is 31.2 Å². The molecule has 3 aromatic rings. The highest BCUT2D eigenvalue weighted by molar-refractivity contribution is 7.12. The number of rotatable bonds is 6. The van der Waals surface area contributed by atoms with Gasteiger partial charge in [-0.15, -0.1) is 11.3 Å². The summed E-state index contributed by atoms with van der Waals surface area (Å²) >= 11 is 1.40. The monoisotopic (exact) mass is 449 g/mol. The van der Waals surface area contributed by atoms with Gasteiger partial charge in [0.1, 0.15) is 5.75 Å². The number of carbonyl (C=O) groups is 2. The topological polar surface area (TPSA) is 61.9 Å². The quantitative estimate of drug-likeness (QED) is 0.610. The number of ether oxygens (including phenoxy) is 1. The number of anilines is 1. The van der Waals surface area contributed by atoms with Crippen molar-refractivity contribution in [3.8, 4) is 5.75 Å². The number of carbonyl (C=O) groups excluding carboxylic acids is 2. The van der Waals surface area contributed by atoms with Crippen LogP contribution in [0, 0.1) is 6.92 Å². The van der Waals surface area contributed by atoms with Crippen LogP contribution >= 0.6 is 11.3 Å². The standard InChI is InChI=1S/C25H27N3O3S/c1-18-5-10-22(31-2)20(16-18)17-27-11-13-28(14-12-27)25(30)19-6-8-21(9-7-19)26-24(29)23-4-3-15-32-23/h3-10,15-16H,11-14,17H2,1-2H3,(H,26,29). The van der Waals surface area contributed by atoms with Crippen molar-refractivity contribution in [2.75, 3.05) is 38.6 Å². The zero-order valence-electron chi connectivity index (χ0n) is 18.3. The van der Waals surface area contributed by atoms with Crippen LogP contribution in [0.4, 0.5) is 5.69 Å². The Morgan fingerprint density at radius 2 is 1.78 bits per heavy atom. The van der Waals surface area contributed by atoms with Crippen molar-refractivity contribution < 1.29 is 14.3 Å². The van der Waals surface area contributed by atoms with Gasteiger partial charge in [0.2, 0.25) is 0 Å². The van der Waals surface area contributed by atoms with E-state index in [0.29, 0.717) is 29.2 Å². The molecule has 1 fully saturated rings. The molecule has 2 heterocycles. The summed E-state index contributed by atoms with van der Waals surface area (Å²) in [6.07, 6.45) is 0. The van der Waals surface area contributed by atoms with Crippen LogP contribution in [0.15, 0.2) is 60.0 Å². The second-order valence-electron chi connectivity index (χ2n) is 7.89. The van der Waals surface area contributed by atoms with Gasteiger partial charge >= 0.3 is 0 Å². The molecule has 1 aliphatic heterocycles. The molecule has 1 aliphatic rings. The Bertz CT molecular complexity index is 1070. The molecule has 2 amide bonds. The maximum Gasteiger partial charge on any atom is 0.265 e. The second kappa shape index (κ2) is 9.97. The van der Waals surface area contributed by atoms with Crippen molar-refractivity contribution in [1.82, 2.24) is 9.80 Å². The van der Waals surface area contributed by atoms with Crippen LogP contribution in [0.25, 0.3) is 0 Å². The summed E-state index contributed by atoms with van der Waals surface area (Å²) in [4.78, 5) is 30.0. The van der Waals surface area contributed by atoms with Gasteiger partial charge in [-0.3, -0.25) is 14.5 Å². The Morgan fingerprint density at radius 1 is 1.03 bits per heavy atom. The molecule has 1 N–H and O–H groups in total. The van der Waals surface area contributed by atoms with Crippen LogP contribution < -0.4 is 10.1 Å². The first-order valence-electron chi connectivity index (χ1n) is 10.6. The van der Waals surface area contributed by atoms with Gasteiger partial charge in [0, 0.05) is 49.5 Å². The minimum absolute atomic E-state index is 0.0221. The first-order chi connectivity index (χ1) is 15.5. The van der Waals surface area contributed by atoms with E-state index in [1.54, 1.807) is 37.4 Å². The minimum Gasteiger partial charge on any atom is -0.496 e. The number of benzene rings is 2. The molecule has 0 radical (unpaired) electrons. The highest BCUT2D eigenvalue weighted by atomic mass is 32.1. The van der Waals surface area contributed by atoms with Crippen LogP contribution in [-0.2, 0) is 6.54 Å². The fourth-order valence-corrected chi connectivity index (χ4v) is 4.48. The number of aryl methyl sites for hydroxylation is 1. The molecule has 2 aromatic carbocycles. The molecule has 0 atom stereocenters. The fraction of sp³-hybridized carbons (Fsp3) is 0.280. The maximum absolute atomic E-state index is 12.9. The van der Waals surface area contributed by atoms with Crippen LogP contribution in [-0.4, -0.2) is 54.9 Å². The van der Waals surface area contributed by atoms with Gasteiger partial charge < -0.3 is 15.0 Å². The summed E-state index contributed by atoms with van der Waals surface area (Å²) in [6, 6.07) is 17.0. The number of hydrogen-bond donors (Lipinski definition) is 1. The molecule has 0 unspecified atom stereocenters. The molecule has 7 heteroatoms. The van der Waals surface area contributed by atoms with Gasteiger partial charge in [-0.2, -0.15) is 0 Å². The molecule has 0 aliphatic carbocycles. The van der Waals surface area contributed by atoms with E-state index < -0.39 is 0 Å². The Hall–Kier alpha value is -3.16. The molecule has 0 spiro atoms. The lowest BCUT2D eigenvalue weighted by Gasteiger charge is -2.35. The molecule has 32 heavy (non-hydrogen) atoms. The summed E-state index contributed by atoms with van der Waals surface area (Å²) in [5.41, 5.74) is 3.70. The number of amides is 2.